The fraction of sp³-hybridized carbons (Fsp3) is 0.143. The van der Waals surface area contributed by atoms with Crippen LogP contribution in [0, 0.1) is 10.1 Å². The average molecular weight is 285 g/mol. The smallest absolute Gasteiger partial charge is 0.258 e. The van der Waals surface area contributed by atoms with Gasteiger partial charge in [-0.05, 0) is 0 Å². The molecule has 0 N–H and O–H groups in total. The Labute approximate surface area is 92.9 Å². The van der Waals surface area contributed by atoms with E-state index >= 15 is 0 Å². The Hall–Kier alpha value is -0.320. The van der Waals surface area contributed by atoms with Gasteiger partial charge in [-0.2, -0.15) is 0 Å². The molecule has 0 aliphatic carbocycles. The number of hydrogen-bond acceptors (Lipinski definition) is 2. The summed E-state index contributed by atoms with van der Waals surface area (Å²) < 4.78 is 0. The van der Waals surface area contributed by atoms with Gasteiger partial charge < -0.3 is 0 Å². The lowest BCUT2D eigenvalue weighted by Crippen LogP contribution is -1.90. The molecule has 1 aromatic rings. The molecule has 0 radical (unpaired) electrons. The minimum absolute atomic E-state index is 0.0975. The van der Waals surface area contributed by atoms with Gasteiger partial charge in [0.1, 0.15) is 0 Å². The van der Waals surface area contributed by atoms with Crippen LogP contribution in [0.5, 0.6) is 0 Å². The SMILES string of the molecule is O=[N+]([O-])c1cc(Cl)c(CBr)c(Cl)c1. The molecule has 0 fully saturated rings. The van der Waals surface area contributed by atoms with Crippen LogP contribution in [0.2, 0.25) is 10.0 Å². The highest BCUT2D eigenvalue weighted by Crippen LogP contribution is 2.31. The maximum Gasteiger partial charge on any atom is 0.272 e. The monoisotopic (exact) mass is 283 g/mol. The number of halogens is 3. The molecule has 0 aromatic heterocycles. The van der Waals surface area contributed by atoms with Crippen molar-refractivity contribution in [2.24, 2.45) is 0 Å². The highest BCUT2D eigenvalue weighted by atomic mass is 79.9. The Morgan fingerprint density at radius 2 is 1.85 bits per heavy atom. The Balaban J connectivity index is 3.28. The molecule has 0 saturated heterocycles. The summed E-state index contributed by atoms with van der Waals surface area (Å²) in [5.74, 6) is 0. The van der Waals surface area contributed by atoms with Crippen LogP contribution < -0.4 is 0 Å². The number of rotatable bonds is 2. The number of alkyl halides is 1. The Morgan fingerprint density at radius 3 is 2.15 bits per heavy atom. The number of hydrogen-bond donors (Lipinski definition) is 0. The summed E-state index contributed by atoms with van der Waals surface area (Å²) in [6.07, 6.45) is 0. The summed E-state index contributed by atoms with van der Waals surface area (Å²) in [6.45, 7) is 0. The summed E-state index contributed by atoms with van der Waals surface area (Å²) in [6, 6.07) is 2.56. The lowest BCUT2D eigenvalue weighted by Gasteiger charge is -2.02. The molecule has 0 spiro atoms. The van der Waals surface area contributed by atoms with Crippen LogP contribution in [-0.2, 0) is 5.33 Å². The molecule has 13 heavy (non-hydrogen) atoms. The van der Waals surface area contributed by atoms with Crippen LogP contribution in [-0.4, -0.2) is 4.92 Å². The third-order valence-corrected chi connectivity index (χ3v) is 2.71. The molecule has 6 heteroatoms. The van der Waals surface area contributed by atoms with Crippen molar-refractivity contribution in [1.29, 1.82) is 0 Å². The van der Waals surface area contributed by atoms with Gasteiger partial charge in [0, 0.05) is 23.0 Å². The van der Waals surface area contributed by atoms with Gasteiger partial charge >= 0.3 is 0 Å². The minimum atomic E-state index is -0.532. The summed E-state index contributed by atoms with van der Waals surface area (Å²) in [4.78, 5) is 9.85. The molecule has 3 nitrogen and oxygen atoms in total. The molecule has 0 aliphatic rings. The number of nitro groups is 1. The second kappa shape index (κ2) is 4.26. The summed E-state index contributed by atoms with van der Waals surface area (Å²) in [5.41, 5.74) is 0.564. The summed E-state index contributed by atoms with van der Waals surface area (Å²) in [5, 5.41) is 11.5. The van der Waals surface area contributed by atoms with Crippen LogP contribution in [0.3, 0.4) is 0 Å². The minimum Gasteiger partial charge on any atom is -0.258 e. The molecular formula is C7H4BrCl2NO2. The van der Waals surface area contributed by atoms with Crippen molar-refractivity contribution in [2.45, 2.75) is 5.33 Å². The van der Waals surface area contributed by atoms with Gasteiger partial charge in [-0.1, -0.05) is 39.1 Å². The molecule has 0 aliphatic heterocycles. The fourth-order valence-corrected chi connectivity index (χ4v) is 2.36. The van der Waals surface area contributed by atoms with Crippen LogP contribution in [0.1, 0.15) is 5.56 Å². The predicted octanol–water partition coefficient (Wildman–Crippen LogP) is 3.80. The van der Waals surface area contributed by atoms with E-state index in [0.29, 0.717) is 20.9 Å². The zero-order valence-electron chi connectivity index (χ0n) is 6.26. The van der Waals surface area contributed by atoms with Gasteiger partial charge in [0.2, 0.25) is 0 Å². The van der Waals surface area contributed by atoms with Crippen molar-refractivity contribution < 1.29 is 4.92 Å². The van der Waals surface area contributed by atoms with Gasteiger partial charge in [-0.15, -0.1) is 0 Å². The first-order valence-corrected chi connectivity index (χ1v) is 5.12. The topological polar surface area (TPSA) is 43.1 Å². The van der Waals surface area contributed by atoms with Crippen molar-refractivity contribution in [1.82, 2.24) is 0 Å². The molecule has 1 aromatic carbocycles. The number of benzene rings is 1. The number of nitrogens with zero attached hydrogens (tertiary/aromatic N) is 1. The standard InChI is InChI=1S/C7H4BrCl2NO2/c8-3-5-6(9)1-4(11(12)13)2-7(5)10/h1-2H,3H2. The largest absolute Gasteiger partial charge is 0.272 e. The molecular weight excluding hydrogens is 281 g/mol. The molecule has 0 bridgehead atoms. The van der Waals surface area contributed by atoms with Crippen molar-refractivity contribution in [3.05, 3.63) is 37.9 Å². The highest BCUT2D eigenvalue weighted by Gasteiger charge is 2.13. The predicted molar refractivity (Wildman–Crippen MR) is 55.7 cm³/mol. The van der Waals surface area contributed by atoms with Gasteiger partial charge in [0.15, 0.2) is 0 Å². The highest BCUT2D eigenvalue weighted by molar-refractivity contribution is 9.08. The van der Waals surface area contributed by atoms with E-state index in [1.165, 1.54) is 12.1 Å². The van der Waals surface area contributed by atoms with Crippen LogP contribution in [0.4, 0.5) is 5.69 Å². The van der Waals surface area contributed by atoms with Crippen LogP contribution >= 0.6 is 39.1 Å². The Kier molecular flexibility index (Phi) is 3.53. The Bertz CT molecular complexity index is 333. The quantitative estimate of drug-likeness (QED) is 0.471. The molecule has 70 valence electrons. The van der Waals surface area contributed by atoms with E-state index in [2.05, 4.69) is 15.9 Å². The van der Waals surface area contributed by atoms with Crippen LogP contribution in [0.15, 0.2) is 12.1 Å². The second-order valence-electron chi connectivity index (χ2n) is 2.28. The molecule has 1 rings (SSSR count). The first-order valence-electron chi connectivity index (χ1n) is 3.24. The van der Waals surface area contributed by atoms with Gasteiger partial charge in [0.05, 0.1) is 15.0 Å². The maximum atomic E-state index is 10.4. The van der Waals surface area contributed by atoms with E-state index in [9.17, 15) is 10.1 Å². The molecule has 0 atom stereocenters. The second-order valence-corrected chi connectivity index (χ2v) is 3.65. The third kappa shape index (κ3) is 2.33. The normalized spacial score (nSPS) is 10.1. The van der Waals surface area contributed by atoms with E-state index < -0.39 is 4.92 Å². The van der Waals surface area contributed by atoms with Gasteiger partial charge in [-0.3, -0.25) is 10.1 Å². The van der Waals surface area contributed by atoms with Crippen LogP contribution in [0.25, 0.3) is 0 Å². The van der Waals surface area contributed by atoms with E-state index in [1.54, 1.807) is 0 Å². The molecule has 0 saturated carbocycles. The van der Waals surface area contributed by atoms with Crippen molar-refractivity contribution in [3.63, 3.8) is 0 Å². The molecule has 0 unspecified atom stereocenters. The van der Waals surface area contributed by atoms with E-state index in [1.807, 2.05) is 0 Å². The third-order valence-electron chi connectivity index (χ3n) is 1.47. The fourth-order valence-electron chi connectivity index (χ4n) is 0.823. The average Bonchev–Trinajstić information content (AvgIpc) is 2.03. The molecule has 0 heterocycles. The lowest BCUT2D eigenvalue weighted by molar-refractivity contribution is -0.384. The first kappa shape index (κ1) is 10.8. The maximum absolute atomic E-state index is 10.4. The van der Waals surface area contributed by atoms with Gasteiger partial charge in [-0.25, -0.2) is 0 Å². The first-order chi connectivity index (χ1) is 6.06. The Morgan fingerprint density at radius 1 is 1.38 bits per heavy atom. The summed E-state index contributed by atoms with van der Waals surface area (Å²) >= 11 is 14.7. The van der Waals surface area contributed by atoms with Crippen molar-refractivity contribution in [3.8, 4) is 0 Å². The summed E-state index contributed by atoms with van der Waals surface area (Å²) in [7, 11) is 0. The lowest BCUT2D eigenvalue weighted by atomic mass is 10.2. The van der Waals surface area contributed by atoms with E-state index in [-0.39, 0.29) is 5.69 Å². The zero-order valence-corrected chi connectivity index (χ0v) is 9.36. The number of nitro benzene ring substituents is 1. The molecule has 0 amide bonds. The van der Waals surface area contributed by atoms with Crippen molar-refractivity contribution >= 4 is 44.8 Å². The van der Waals surface area contributed by atoms with Crippen molar-refractivity contribution in [2.75, 3.05) is 0 Å². The van der Waals surface area contributed by atoms with Gasteiger partial charge in [0.25, 0.3) is 5.69 Å². The number of non-ortho nitro benzene ring substituents is 1. The zero-order chi connectivity index (χ0) is 10.0. The van der Waals surface area contributed by atoms with E-state index in [4.69, 9.17) is 23.2 Å². The van der Waals surface area contributed by atoms with E-state index in [0.717, 1.165) is 0 Å².